The highest BCUT2D eigenvalue weighted by Gasteiger charge is 2.22. The molecule has 3 rings (SSSR count). The molecule has 4 heteroatoms. The first-order chi connectivity index (χ1) is 8.27. The number of hydrogen-bond donors (Lipinski definition) is 1. The summed E-state index contributed by atoms with van der Waals surface area (Å²) in [4.78, 5) is 6.76. The van der Waals surface area contributed by atoms with Crippen LogP contribution >= 0.6 is 0 Å². The van der Waals surface area contributed by atoms with Gasteiger partial charge in [-0.15, -0.1) is 0 Å². The van der Waals surface area contributed by atoms with Gasteiger partial charge in [0.2, 0.25) is 0 Å². The number of nitrogens with one attached hydrogen (secondary N) is 1. The highest BCUT2D eigenvalue weighted by Crippen LogP contribution is 2.26. The van der Waals surface area contributed by atoms with Crippen molar-refractivity contribution < 1.29 is 0 Å². The van der Waals surface area contributed by atoms with Gasteiger partial charge >= 0.3 is 0 Å². The molecule has 0 aliphatic carbocycles. The number of anilines is 1. The summed E-state index contributed by atoms with van der Waals surface area (Å²) in [6.07, 6.45) is 3.15. The third-order valence-electron chi connectivity index (χ3n) is 3.44. The maximum absolute atomic E-state index is 4.62. The van der Waals surface area contributed by atoms with Crippen molar-refractivity contribution in [2.24, 2.45) is 0 Å². The predicted octanol–water partition coefficient (Wildman–Crippen LogP) is 1.48. The van der Waals surface area contributed by atoms with E-state index in [1.54, 1.807) is 0 Å². The average Bonchev–Trinajstić information content (AvgIpc) is 2.96. The normalized spacial score (nSPS) is 20.0. The second kappa shape index (κ2) is 4.04. The standard InChI is InChI=1S/C13H18N4/c1-16(2)12-5-3-4-11-9-15-13(17(11)12)10-6-7-14-8-10/h3-5,9-10,14H,6-8H2,1-2H3. The lowest BCUT2D eigenvalue weighted by molar-refractivity contribution is 0.697. The molecule has 2 aromatic rings. The number of hydrogen-bond acceptors (Lipinski definition) is 3. The van der Waals surface area contributed by atoms with E-state index in [1.807, 2.05) is 6.20 Å². The van der Waals surface area contributed by atoms with Crippen molar-refractivity contribution in [2.75, 3.05) is 32.1 Å². The summed E-state index contributed by atoms with van der Waals surface area (Å²) in [6.45, 7) is 2.14. The zero-order valence-corrected chi connectivity index (χ0v) is 10.3. The van der Waals surface area contributed by atoms with Gasteiger partial charge in [0, 0.05) is 26.6 Å². The Balaban J connectivity index is 2.18. The molecular formula is C13H18N4. The smallest absolute Gasteiger partial charge is 0.119 e. The minimum absolute atomic E-state index is 0.540. The summed E-state index contributed by atoms with van der Waals surface area (Å²) < 4.78 is 2.28. The van der Waals surface area contributed by atoms with E-state index in [-0.39, 0.29) is 0 Å². The van der Waals surface area contributed by atoms with Crippen molar-refractivity contribution in [1.82, 2.24) is 14.7 Å². The minimum Gasteiger partial charge on any atom is -0.364 e. The zero-order chi connectivity index (χ0) is 11.8. The van der Waals surface area contributed by atoms with Crippen LogP contribution in [-0.2, 0) is 0 Å². The summed E-state index contributed by atoms with van der Waals surface area (Å²) in [7, 11) is 4.15. The predicted molar refractivity (Wildman–Crippen MR) is 69.7 cm³/mol. The van der Waals surface area contributed by atoms with Crippen LogP contribution in [-0.4, -0.2) is 36.6 Å². The second-order valence-electron chi connectivity index (χ2n) is 4.84. The van der Waals surface area contributed by atoms with Crippen molar-refractivity contribution in [3.63, 3.8) is 0 Å². The number of nitrogens with zero attached hydrogens (tertiary/aromatic N) is 3. The van der Waals surface area contributed by atoms with Crippen molar-refractivity contribution in [3.05, 3.63) is 30.2 Å². The van der Waals surface area contributed by atoms with E-state index in [9.17, 15) is 0 Å². The molecule has 1 aliphatic rings. The summed E-state index contributed by atoms with van der Waals surface area (Å²) in [5.41, 5.74) is 1.18. The molecular weight excluding hydrogens is 212 g/mol. The third-order valence-corrected chi connectivity index (χ3v) is 3.44. The van der Waals surface area contributed by atoms with Gasteiger partial charge in [-0.05, 0) is 25.1 Å². The van der Waals surface area contributed by atoms with Crippen molar-refractivity contribution >= 4 is 11.3 Å². The fraction of sp³-hybridized carbons (Fsp3) is 0.462. The van der Waals surface area contributed by atoms with Gasteiger partial charge in [0.05, 0.1) is 11.7 Å². The fourth-order valence-corrected chi connectivity index (χ4v) is 2.57. The molecule has 17 heavy (non-hydrogen) atoms. The summed E-state index contributed by atoms with van der Waals surface area (Å²) in [5.74, 6) is 2.93. The Labute approximate surface area is 101 Å². The number of fused-ring (bicyclic) bond motifs is 1. The average molecular weight is 230 g/mol. The topological polar surface area (TPSA) is 32.6 Å². The number of pyridine rings is 1. The quantitative estimate of drug-likeness (QED) is 0.848. The highest BCUT2D eigenvalue weighted by atomic mass is 15.2. The Bertz CT molecular complexity index is 523. The van der Waals surface area contributed by atoms with E-state index in [4.69, 9.17) is 0 Å². The fourth-order valence-electron chi connectivity index (χ4n) is 2.57. The van der Waals surface area contributed by atoms with E-state index in [0.29, 0.717) is 5.92 Å². The van der Waals surface area contributed by atoms with Crippen LogP contribution in [0.4, 0.5) is 5.82 Å². The van der Waals surface area contributed by atoms with Crippen LogP contribution in [0.3, 0.4) is 0 Å². The second-order valence-corrected chi connectivity index (χ2v) is 4.84. The van der Waals surface area contributed by atoms with Crippen molar-refractivity contribution in [3.8, 4) is 0 Å². The molecule has 0 aromatic carbocycles. The highest BCUT2D eigenvalue weighted by molar-refractivity contribution is 5.56. The lowest BCUT2D eigenvalue weighted by atomic mass is 10.1. The van der Waals surface area contributed by atoms with Crippen LogP contribution < -0.4 is 10.2 Å². The van der Waals surface area contributed by atoms with Gasteiger partial charge in [0.25, 0.3) is 0 Å². The van der Waals surface area contributed by atoms with E-state index in [1.165, 1.54) is 23.6 Å². The Morgan fingerprint density at radius 1 is 1.41 bits per heavy atom. The van der Waals surface area contributed by atoms with Crippen LogP contribution in [0.15, 0.2) is 24.4 Å². The van der Waals surface area contributed by atoms with Crippen LogP contribution in [0.5, 0.6) is 0 Å². The third kappa shape index (κ3) is 1.69. The lowest BCUT2D eigenvalue weighted by Gasteiger charge is -2.17. The molecule has 1 N–H and O–H groups in total. The molecule has 1 unspecified atom stereocenters. The van der Waals surface area contributed by atoms with Crippen LogP contribution in [0.25, 0.3) is 5.52 Å². The maximum atomic E-state index is 4.62. The van der Waals surface area contributed by atoms with Gasteiger partial charge in [-0.1, -0.05) is 6.07 Å². The molecule has 1 fully saturated rings. The first-order valence-electron chi connectivity index (χ1n) is 6.12. The Hall–Kier alpha value is -1.55. The van der Waals surface area contributed by atoms with Crippen LogP contribution in [0.2, 0.25) is 0 Å². The SMILES string of the molecule is CN(C)c1cccc2cnc(C3CCNC3)n12. The number of aromatic nitrogens is 2. The molecule has 3 heterocycles. The molecule has 2 aromatic heterocycles. The first-order valence-corrected chi connectivity index (χ1v) is 6.12. The molecule has 1 saturated heterocycles. The number of rotatable bonds is 2. The monoisotopic (exact) mass is 230 g/mol. The summed E-state index contributed by atoms with van der Waals surface area (Å²) in [6, 6.07) is 6.34. The first kappa shape index (κ1) is 10.6. The Kier molecular flexibility index (Phi) is 2.52. The van der Waals surface area contributed by atoms with Gasteiger partial charge < -0.3 is 10.2 Å². The van der Waals surface area contributed by atoms with E-state index in [2.05, 4.69) is 51.9 Å². The molecule has 1 aliphatic heterocycles. The van der Waals surface area contributed by atoms with E-state index < -0.39 is 0 Å². The number of imidazole rings is 1. The molecule has 0 spiro atoms. The molecule has 0 amide bonds. The van der Waals surface area contributed by atoms with Gasteiger partial charge in [-0.3, -0.25) is 4.40 Å². The van der Waals surface area contributed by atoms with Gasteiger partial charge in [0.1, 0.15) is 11.6 Å². The lowest BCUT2D eigenvalue weighted by Crippen LogP contribution is -2.16. The molecule has 1 atom stereocenters. The Morgan fingerprint density at radius 2 is 2.29 bits per heavy atom. The largest absolute Gasteiger partial charge is 0.364 e. The molecule has 0 bridgehead atoms. The summed E-state index contributed by atoms with van der Waals surface area (Å²) >= 11 is 0. The molecule has 4 nitrogen and oxygen atoms in total. The van der Waals surface area contributed by atoms with Gasteiger partial charge in [0.15, 0.2) is 0 Å². The van der Waals surface area contributed by atoms with Gasteiger partial charge in [-0.25, -0.2) is 4.98 Å². The minimum atomic E-state index is 0.540. The zero-order valence-electron chi connectivity index (χ0n) is 10.3. The Morgan fingerprint density at radius 3 is 3.00 bits per heavy atom. The molecule has 90 valence electrons. The maximum Gasteiger partial charge on any atom is 0.119 e. The van der Waals surface area contributed by atoms with Gasteiger partial charge in [-0.2, -0.15) is 0 Å². The van der Waals surface area contributed by atoms with E-state index in [0.717, 1.165) is 13.1 Å². The van der Waals surface area contributed by atoms with Crippen molar-refractivity contribution in [1.29, 1.82) is 0 Å². The molecule has 0 radical (unpaired) electrons. The van der Waals surface area contributed by atoms with Crippen LogP contribution in [0, 0.1) is 0 Å². The van der Waals surface area contributed by atoms with E-state index >= 15 is 0 Å². The van der Waals surface area contributed by atoms with Crippen LogP contribution in [0.1, 0.15) is 18.2 Å². The van der Waals surface area contributed by atoms with Crippen molar-refractivity contribution in [2.45, 2.75) is 12.3 Å². The molecule has 0 saturated carbocycles. The summed E-state index contributed by atoms with van der Waals surface area (Å²) in [5, 5.41) is 3.41.